The maximum absolute atomic E-state index is 11.2. The Balaban J connectivity index is 2.58. The van der Waals surface area contributed by atoms with Gasteiger partial charge in [-0.3, -0.25) is 9.36 Å². The zero-order valence-electron chi connectivity index (χ0n) is 9.64. The molecule has 4 N–H and O–H groups in total. The predicted molar refractivity (Wildman–Crippen MR) is 63.8 cm³/mol. The van der Waals surface area contributed by atoms with Crippen molar-refractivity contribution in [2.24, 2.45) is 5.73 Å². The number of rotatable bonds is 2. The zero-order valence-corrected chi connectivity index (χ0v) is 9.64. The lowest BCUT2D eigenvalue weighted by atomic mass is 10.2. The molecule has 0 spiro atoms. The van der Waals surface area contributed by atoms with Crippen LogP contribution in [-0.2, 0) is 0 Å². The number of imidazole rings is 1. The van der Waals surface area contributed by atoms with Crippen molar-refractivity contribution < 1.29 is 4.79 Å². The molecule has 0 aliphatic rings. The molecule has 6 nitrogen and oxygen atoms in total. The highest BCUT2D eigenvalue weighted by atomic mass is 16.1. The van der Waals surface area contributed by atoms with Crippen LogP contribution in [0.15, 0.2) is 18.6 Å². The van der Waals surface area contributed by atoms with Gasteiger partial charge in [0.15, 0.2) is 0 Å². The third-order valence-corrected chi connectivity index (χ3v) is 2.68. The second-order valence-electron chi connectivity index (χ2n) is 3.78. The van der Waals surface area contributed by atoms with E-state index in [1.807, 2.05) is 13.8 Å². The van der Waals surface area contributed by atoms with Crippen molar-refractivity contribution >= 4 is 11.6 Å². The summed E-state index contributed by atoms with van der Waals surface area (Å²) < 4.78 is 1.78. The van der Waals surface area contributed by atoms with Crippen LogP contribution in [0.4, 0.5) is 5.69 Å². The number of pyridine rings is 1. The lowest BCUT2D eigenvalue weighted by molar-refractivity contribution is 0.100. The van der Waals surface area contributed by atoms with Gasteiger partial charge in [-0.25, -0.2) is 9.97 Å². The Hall–Kier alpha value is -2.37. The largest absolute Gasteiger partial charge is 0.397 e. The molecule has 0 bridgehead atoms. The fraction of sp³-hybridized carbons (Fsp3) is 0.182. The quantitative estimate of drug-likeness (QED) is 0.788. The number of aromatic nitrogens is 3. The molecule has 0 fully saturated rings. The molecule has 0 aliphatic heterocycles. The lowest BCUT2D eigenvalue weighted by Crippen LogP contribution is -2.15. The molecule has 0 unspecified atom stereocenters. The Kier molecular flexibility index (Phi) is 2.55. The maximum atomic E-state index is 11.2. The fourth-order valence-electron chi connectivity index (χ4n) is 1.53. The third kappa shape index (κ3) is 1.84. The Morgan fingerprint density at radius 2 is 2.06 bits per heavy atom. The Morgan fingerprint density at radius 3 is 2.59 bits per heavy atom. The van der Waals surface area contributed by atoms with Crippen LogP contribution in [0.1, 0.15) is 21.7 Å². The summed E-state index contributed by atoms with van der Waals surface area (Å²) in [6.45, 7) is 3.82. The van der Waals surface area contributed by atoms with Crippen LogP contribution in [0.2, 0.25) is 0 Å². The number of anilines is 1. The van der Waals surface area contributed by atoms with E-state index in [1.165, 1.54) is 6.20 Å². The minimum Gasteiger partial charge on any atom is -0.397 e. The number of nitrogens with zero attached hydrogens (tertiary/aromatic N) is 3. The van der Waals surface area contributed by atoms with Crippen LogP contribution >= 0.6 is 0 Å². The Morgan fingerprint density at radius 1 is 1.35 bits per heavy atom. The molecule has 2 rings (SSSR count). The first-order valence-electron chi connectivity index (χ1n) is 5.07. The summed E-state index contributed by atoms with van der Waals surface area (Å²) in [7, 11) is 0. The zero-order chi connectivity index (χ0) is 12.6. The first kappa shape index (κ1) is 11.1. The van der Waals surface area contributed by atoms with E-state index >= 15 is 0 Å². The minimum atomic E-state index is -0.569. The molecule has 6 heteroatoms. The van der Waals surface area contributed by atoms with Gasteiger partial charge in [-0.2, -0.15) is 0 Å². The van der Waals surface area contributed by atoms with Crippen molar-refractivity contribution in [2.75, 3.05) is 5.73 Å². The average molecular weight is 231 g/mol. The minimum absolute atomic E-state index is 0.265. The molecule has 2 aromatic heterocycles. The number of hydrogen-bond donors (Lipinski definition) is 2. The molecule has 2 heterocycles. The van der Waals surface area contributed by atoms with Crippen LogP contribution in [0.25, 0.3) is 5.82 Å². The van der Waals surface area contributed by atoms with Gasteiger partial charge in [0.1, 0.15) is 12.1 Å². The van der Waals surface area contributed by atoms with Crippen LogP contribution in [0.5, 0.6) is 0 Å². The molecule has 0 saturated heterocycles. The van der Waals surface area contributed by atoms with E-state index in [-0.39, 0.29) is 11.3 Å². The topological polar surface area (TPSA) is 99.8 Å². The Labute approximate surface area is 98.3 Å². The van der Waals surface area contributed by atoms with Gasteiger partial charge < -0.3 is 11.5 Å². The predicted octanol–water partition coefficient (Wildman–Crippen LogP) is 0.565. The van der Waals surface area contributed by atoms with E-state index in [4.69, 9.17) is 11.5 Å². The number of aryl methyl sites for hydroxylation is 1. The van der Waals surface area contributed by atoms with Gasteiger partial charge in [0.25, 0.3) is 5.91 Å². The molecule has 1 amide bonds. The van der Waals surface area contributed by atoms with Crippen molar-refractivity contribution in [1.29, 1.82) is 0 Å². The van der Waals surface area contributed by atoms with Crippen molar-refractivity contribution in [3.63, 3.8) is 0 Å². The highest BCUT2D eigenvalue weighted by Gasteiger charge is 2.11. The molecule has 0 atom stereocenters. The summed E-state index contributed by atoms with van der Waals surface area (Å²) >= 11 is 0. The lowest BCUT2D eigenvalue weighted by Gasteiger charge is -2.07. The van der Waals surface area contributed by atoms with Gasteiger partial charge in [0, 0.05) is 5.69 Å². The molecule has 0 aromatic carbocycles. The molecule has 17 heavy (non-hydrogen) atoms. The summed E-state index contributed by atoms with van der Waals surface area (Å²) in [4.78, 5) is 19.5. The highest BCUT2D eigenvalue weighted by Crippen LogP contribution is 2.16. The van der Waals surface area contributed by atoms with Crippen LogP contribution < -0.4 is 11.5 Å². The number of hydrogen-bond acceptors (Lipinski definition) is 4. The summed E-state index contributed by atoms with van der Waals surface area (Å²) in [6.07, 6.45) is 3.07. The second-order valence-corrected chi connectivity index (χ2v) is 3.78. The smallest absolute Gasteiger partial charge is 0.250 e. The van der Waals surface area contributed by atoms with E-state index in [1.54, 1.807) is 17.0 Å². The first-order valence-corrected chi connectivity index (χ1v) is 5.07. The van der Waals surface area contributed by atoms with Crippen LogP contribution in [0, 0.1) is 13.8 Å². The third-order valence-electron chi connectivity index (χ3n) is 2.68. The first-order chi connectivity index (χ1) is 8.00. The van der Waals surface area contributed by atoms with E-state index in [9.17, 15) is 4.79 Å². The van der Waals surface area contributed by atoms with E-state index in [2.05, 4.69) is 9.97 Å². The van der Waals surface area contributed by atoms with Crippen LogP contribution in [0.3, 0.4) is 0 Å². The van der Waals surface area contributed by atoms with E-state index in [0.717, 1.165) is 11.4 Å². The summed E-state index contributed by atoms with van der Waals surface area (Å²) in [5.74, 6) is 0.00624. The van der Waals surface area contributed by atoms with E-state index < -0.39 is 5.91 Å². The van der Waals surface area contributed by atoms with Gasteiger partial charge in [0.05, 0.1) is 23.1 Å². The van der Waals surface area contributed by atoms with Gasteiger partial charge in [-0.05, 0) is 19.9 Å². The molecular weight excluding hydrogens is 218 g/mol. The van der Waals surface area contributed by atoms with E-state index in [0.29, 0.717) is 5.82 Å². The molecule has 0 radical (unpaired) electrons. The molecular formula is C11H13N5O. The normalized spacial score (nSPS) is 10.5. The van der Waals surface area contributed by atoms with Crippen molar-refractivity contribution in [3.8, 4) is 5.82 Å². The number of nitrogen functional groups attached to an aromatic ring is 1. The summed E-state index contributed by atoms with van der Waals surface area (Å²) in [5, 5.41) is 0. The van der Waals surface area contributed by atoms with Gasteiger partial charge in [-0.1, -0.05) is 0 Å². The number of amides is 1. The summed E-state index contributed by atoms with van der Waals surface area (Å²) in [5.41, 5.74) is 13.3. The van der Waals surface area contributed by atoms with Gasteiger partial charge in [0.2, 0.25) is 0 Å². The number of carbonyl (C=O) groups is 1. The molecule has 0 saturated carbocycles. The molecule has 88 valence electrons. The SMILES string of the molecule is Cc1ncn(-c2cc(C(N)=O)c(N)cn2)c1C. The summed E-state index contributed by atoms with van der Waals surface area (Å²) in [6, 6.07) is 1.56. The number of primary amides is 1. The van der Waals surface area contributed by atoms with Crippen molar-refractivity contribution in [3.05, 3.63) is 35.5 Å². The Bertz CT molecular complexity index is 588. The van der Waals surface area contributed by atoms with Crippen molar-refractivity contribution in [2.45, 2.75) is 13.8 Å². The highest BCUT2D eigenvalue weighted by molar-refractivity contribution is 5.98. The van der Waals surface area contributed by atoms with Gasteiger partial charge in [-0.15, -0.1) is 0 Å². The standard InChI is InChI=1S/C11H13N5O/c1-6-7(2)16(5-15-6)10-3-8(11(13)17)9(12)4-14-10/h3-5H,12H2,1-2H3,(H2,13,17). The number of nitrogens with two attached hydrogens (primary N) is 2. The molecule has 0 aliphatic carbocycles. The molecule has 2 aromatic rings. The van der Waals surface area contributed by atoms with Gasteiger partial charge >= 0.3 is 0 Å². The maximum Gasteiger partial charge on any atom is 0.250 e. The number of carbonyl (C=O) groups excluding carboxylic acids is 1. The average Bonchev–Trinajstić information content (AvgIpc) is 2.60. The second kappa shape index (κ2) is 3.89. The fourth-order valence-corrected chi connectivity index (χ4v) is 1.53. The monoisotopic (exact) mass is 231 g/mol. The van der Waals surface area contributed by atoms with Crippen molar-refractivity contribution in [1.82, 2.24) is 14.5 Å². The van der Waals surface area contributed by atoms with Crippen LogP contribution in [-0.4, -0.2) is 20.4 Å².